The third-order valence-corrected chi connectivity index (χ3v) is 3.12. The first kappa shape index (κ1) is 14.8. The second-order valence-corrected chi connectivity index (χ2v) is 4.71. The number of hydrogen-bond donors (Lipinski definition) is 1. The fraction of sp³-hybridized carbons (Fsp3) is 0.267. The number of aromatic nitrogens is 2. The minimum Gasteiger partial charge on any atom is -0.481 e. The molecule has 1 heterocycles. The Morgan fingerprint density at radius 1 is 1.29 bits per heavy atom. The van der Waals surface area contributed by atoms with E-state index < -0.39 is 5.97 Å². The summed E-state index contributed by atoms with van der Waals surface area (Å²) in [5.74, 6) is -1.04. The molecule has 1 aromatic carbocycles. The van der Waals surface area contributed by atoms with Crippen LogP contribution >= 0.6 is 0 Å². The van der Waals surface area contributed by atoms with Crippen LogP contribution in [0.5, 0.6) is 0 Å². The van der Waals surface area contributed by atoms with Gasteiger partial charge >= 0.3 is 5.97 Å². The molecular formula is C15H17N3O3. The normalized spacial score (nSPS) is 10.3. The van der Waals surface area contributed by atoms with Crippen LogP contribution in [0.2, 0.25) is 0 Å². The van der Waals surface area contributed by atoms with E-state index in [0.29, 0.717) is 18.7 Å². The number of rotatable bonds is 6. The highest BCUT2D eigenvalue weighted by molar-refractivity contribution is 5.92. The zero-order valence-electron chi connectivity index (χ0n) is 11.8. The number of benzene rings is 1. The van der Waals surface area contributed by atoms with Crippen molar-refractivity contribution in [1.29, 1.82) is 0 Å². The highest BCUT2D eigenvalue weighted by Crippen LogP contribution is 2.12. The number of hydrogen-bond acceptors (Lipinski definition) is 3. The van der Waals surface area contributed by atoms with Crippen molar-refractivity contribution in [3.8, 4) is 5.69 Å². The van der Waals surface area contributed by atoms with Gasteiger partial charge < -0.3 is 10.0 Å². The van der Waals surface area contributed by atoms with Crippen LogP contribution in [0.4, 0.5) is 0 Å². The summed E-state index contributed by atoms with van der Waals surface area (Å²) in [6.45, 7) is 0.394. The Kier molecular flexibility index (Phi) is 4.71. The van der Waals surface area contributed by atoms with Crippen LogP contribution in [-0.2, 0) is 4.79 Å². The van der Waals surface area contributed by atoms with Crippen LogP contribution in [0, 0.1) is 0 Å². The minimum atomic E-state index is -0.856. The standard InChI is InChI=1S/C15H17N3O3/c1-17(9-5-8-14(19)20)15(21)13-10-16-11-18(13)12-6-3-2-4-7-12/h2-4,6-7,10-11H,5,8-9H2,1H3,(H,19,20). The lowest BCUT2D eigenvalue weighted by atomic mass is 10.2. The van der Waals surface area contributed by atoms with Gasteiger partial charge in [-0.2, -0.15) is 0 Å². The zero-order chi connectivity index (χ0) is 15.2. The molecule has 0 aliphatic heterocycles. The van der Waals surface area contributed by atoms with Crippen molar-refractivity contribution >= 4 is 11.9 Å². The maximum Gasteiger partial charge on any atom is 0.303 e. The summed E-state index contributed by atoms with van der Waals surface area (Å²) in [5.41, 5.74) is 1.32. The molecule has 0 aliphatic rings. The smallest absolute Gasteiger partial charge is 0.303 e. The average Bonchev–Trinajstić information content (AvgIpc) is 2.96. The van der Waals surface area contributed by atoms with Crippen molar-refractivity contribution in [3.05, 3.63) is 48.5 Å². The first-order chi connectivity index (χ1) is 10.1. The number of aliphatic carboxylic acids is 1. The van der Waals surface area contributed by atoms with Crippen LogP contribution in [0.25, 0.3) is 5.69 Å². The summed E-state index contributed by atoms with van der Waals surface area (Å²) in [6.07, 6.45) is 3.59. The molecule has 0 bridgehead atoms. The lowest BCUT2D eigenvalue weighted by Gasteiger charge is -2.17. The SMILES string of the molecule is CN(CCCC(=O)O)C(=O)c1cncn1-c1ccccc1. The molecule has 0 saturated heterocycles. The van der Waals surface area contributed by atoms with Gasteiger partial charge in [0, 0.05) is 25.7 Å². The lowest BCUT2D eigenvalue weighted by molar-refractivity contribution is -0.137. The van der Waals surface area contributed by atoms with E-state index in [4.69, 9.17) is 5.11 Å². The van der Waals surface area contributed by atoms with Gasteiger partial charge in [0.15, 0.2) is 0 Å². The molecule has 1 amide bonds. The number of imidazole rings is 1. The van der Waals surface area contributed by atoms with E-state index >= 15 is 0 Å². The molecule has 0 aliphatic carbocycles. The van der Waals surface area contributed by atoms with E-state index in [-0.39, 0.29) is 12.3 Å². The van der Waals surface area contributed by atoms with Crippen LogP contribution in [-0.4, -0.2) is 45.0 Å². The van der Waals surface area contributed by atoms with E-state index in [1.807, 2.05) is 30.3 Å². The molecular weight excluding hydrogens is 270 g/mol. The van der Waals surface area contributed by atoms with Crippen molar-refractivity contribution in [2.45, 2.75) is 12.8 Å². The van der Waals surface area contributed by atoms with Gasteiger partial charge in [-0.3, -0.25) is 14.2 Å². The van der Waals surface area contributed by atoms with Gasteiger partial charge in [0.05, 0.1) is 12.5 Å². The number of nitrogens with zero attached hydrogens (tertiary/aromatic N) is 3. The first-order valence-electron chi connectivity index (χ1n) is 6.64. The van der Waals surface area contributed by atoms with Crippen LogP contribution in [0.15, 0.2) is 42.9 Å². The van der Waals surface area contributed by atoms with Crippen molar-refractivity contribution in [3.63, 3.8) is 0 Å². The molecule has 110 valence electrons. The van der Waals surface area contributed by atoms with Crippen molar-refractivity contribution < 1.29 is 14.7 Å². The van der Waals surface area contributed by atoms with Crippen molar-refractivity contribution in [2.24, 2.45) is 0 Å². The van der Waals surface area contributed by atoms with E-state index in [1.165, 1.54) is 11.1 Å². The molecule has 1 N–H and O–H groups in total. The average molecular weight is 287 g/mol. The number of carboxylic acid groups (broad SMARTS) is 1. The summed E-state index contributed by atoms with van der Waals surface area (Å²) in [7, 11) is 1.66. The molecule has 0 atom stereocenters. The Morgan fingerprint density at radius 3 is 2.67 bits per heavy atom. The Bertz CT molecular complexity index is 622. The van der Waals surface area contributed by atoms with Gasteiger partial charge in [0.2, 0.25) is 0 Å². The Labute approximate surface area is 122 Å². The Balaban J connectivity index is 2.10. The minimum absolute atomic E-state index is 0.0512. The quantitative estimate of drug-likeness (QED) is 0.879. The molecule has 0 saturated carbocycles. The highest BCUT2D eigenvalue weighted by Gasteiger charge is 2.17. The molecule has 1 aromatic heterocycles. The van der Waals surface area contributed by atoms with E-state index in [1.54, 1.807) is 17.9 Å². The number of para-hydroxylation sites is 1. The predicted molar refractivity (Wildman–Crippen MR) is 77.4 cm³/mol. The maximum atomic E-state index is 12.4. The first-order valence-corrected chi connectivity index (χ1v) is 6.64. The van der Waals surface area contributed by atoms with Crippen LogP contribution in [0.1, 0.15) is 23.3 Å². The molecule has 0 spiro atoms. The number of carbonyl (C=O) groups excluding carboxylic acids is 1. The van der Waals surface area contributed by atoms with Crippen molar-refractivity contribution in [1.82, 2.24) is 14.5 Å². The maximum absolute atomic E-state index is 12.4. The van der Waals surface area contributed by atoms with Gasteiger partial charge in [0.25, 0.3) is 5.91 Å². The number of carboxylic acids is 1. The van der Waals surface area contributed by atoms with Gasteiger partial charge in [0.1, 0.15) is 5.69 Å². The molecule has 2 aromatic rings. The monoisotopic (exact) mass is 287 g/mol. The fourth-order valence-corrected chi connectivity index (χ4v) is 2.01. The van der Waals surface area contributed by atoms with E-state index in [2.05, 4.69) is 4.98 Å². The Hall–Kier alpha value is -2.63. The van der Waals surface area contributed by atoms with Gasteiger partial charge in [-0.1, -0.05) is 18.2 Å². The lowest BCUT2D eigenvalue weighted by Crippen LogP contribution is -2.29. The van der Waals surface area contributed by atoms with E-state index in [0.717, 1.165) is 5.69 Å². The molecule has 0 fully saturated rings. The summed E-state index contributed by atoms with van der Waals surface area (Å²) in [6, 6.07) is 9.46. The summed E-state index contributed by atoms with van der Waals surface area (Å²) >= 11 is 0. The molecule has 21 heavy (non-hydrogen) atoms. The Morgan fingerprint density at radius 2 is 2.00 bits per heavy atom. The summed E-state index contributed by atoms with van der Waals surface area (Å²) < 4.78 is 1.72. The predicted octanol–water partition coefficient (Wildman–Crippen LogP) is 1.81. The third kappa shape index (κ3) is 3.68. The van der Waals surface area contributed by atoms with E-state index in [9.17, 15) is 9.59 Å². The molecule has 6 heteroatoms. The number of amides is 1. The fourth-order valence-electron chi connectivity index (χ4n) is 2.01. The number of carbonyl (C=O) groups is 2. The zero-order valence-corrected chi connectivity index (χ0v) is 11.8. The topological polar surface area (TPSA) is 75.4 Å². The largest absolute Gasteiger partial charge is 0.481 e. The third-order valence-electron chi connectivity index (χ3n) is 3.12. The second kappa shape index (κ2) is 6.69. The highest BCUT2D eigenvalue weighted by atomic mass is 16.4. The van der Waals surface area contributed by atoms with Crippen LogP contribution < -0.4 is 0 Å². The van der Waals surface area contributed by atoms with Gasteiger partial charge in [-0.25, -0.2) is 4.98 Å². The molecule has 6 nitrogen and oxygen atoms in total. The summed E-state index contributed by atoms with van der Waals surface area (Å²) in [4.78, 5) is 28.4. The van der Waals surface area contributed by atoms with Crippen molar-refractivity contribution in [2.75, 3.05) is 13.6 Å². The van der Waals surface area contributed by atoms with Crippen LogP contribution in [0.3, 0.4) is 0 Å². The van der Waals surface area contributed by atoms with Gasteiger partial charge in [-0.15, -0.1) is 0 Å². The molecule has 0 unspecified atom stereocenters. The molecule has 0 radical (unpaired) electrons. The summed E-state index contributed by atoms with van der Waals surface area (Å²) in [5, 5.41) is 8.62. The molecule has 2 rings (SSSR count). The second-order valence-electron chi connectivity index (χ2n) is 4.71. The van der Waals surface area contributed by atoms with Gasteiger partial charge in [-0.05, 0) is 18.6 Å².